The van der Waals surface area contributed by atoms with Crippen molar-refractivity contribution >= 4 is 88.7 Å². The van der Waals surface area contributed by atoms with Crippen LogP contribution in [0.3, 0.4) is 0 Å². The minimum atomic E-state index is -0.667. The molecule has 0 aromatic carbocycles. The van der Waals surface area contributed by atoms with Crippen LogP contribution in [-0.2, 0) is 0 Å². The van der Waals surface area contributed by atoms with Gasteiger partial charge in [-0.1, -0.05) is 6.92 Å². The summed E-state index contributed by atoms with van der Waals surface area (Å²) >= 11 is 0. The Morgan fingerprint density at radius 3 is 1.08 bits per heavy atom. The van der Waals surface area contributed by atoms with Crippen molar-refractivity contribution < 1.29 is 15.3 Å². The zero-order valence-corrected chi connectivity index (χ0v) is 14.7. The quantitative estimate of drug-likeness (QED) is 0.473. The van der Waals surface area contributed by atoms with Crippen molar-refractivity contribution in [2.24, 2.45) is 5.41 Å². The summed E-state index contributed by atoms with van der Waals surface area (Å²) in [5, 5.41) is 26.0. The normalized spacial score (nSPS) is 9.00. The number of aliphatic hydroxyl groups excluding tert-OH is 3. The van der Waals surface area contributed by atoms with Gasteiger partial charge in [0.1, 0.15) is 0 Å². The fourth-order valence-electron chi connectivity index (χ4n) is 0.485. The summed E-state index contributed by atoms with van der Waals surface area (Å²) in [5.74, 6) is 0. The van der Waals surface area contributed by atoms with Crippen LogP contribution in [0.25, 0.3) is 0 Å². The zero-order chi connectivity index (χ0) is 7.33. The summed E-state index contributed by atoms with van der Waals surface area (Å²) in [6.45, 7) is 1.35. The summed E-state index contributed by atoms with van der Waals surface area (Å²) in [4.78, 5) is 0. The molecule has 0 saturated heterocycles. The van der Waals surface area contributed by atoms with Crippen LogP contribution in [0.4, 0.5) is 0 Å². The molecule has 3 N–H and O–H groups in total. The summed E-state index contributed by atoms with van der Waals surface area (Å²) in [5.41, 5.74) is -0.667. The molecule has 0 heterocycles. The number of rotatable bonds is 4. The molecule has 0 bridgehead atoms. The second-order valence-corrected chi connectivity index (χ2v) is 2.33. The van der Waals surface area contributed by atoms with Crippen LogP contribution < -0.4 is 0 Å². The van der Waals surface area contributed by atoms with E-state index in [0.717, 1.165) is 0 Å². The molecule has 0 unspecified atom stereocenters. The minimum absolute atomic E-state index is 0. The predicted molar refractivity (Wildman–Crippen MR) is 51.2 cm³/mol. The number of hydrogen-bond acceptors (Lipinski definition) is 3. The van der Waals surface area contributed by atoms with Gasteiger partial charge in [0.25, 0.3) is 0 Å². The first-order valence-electron chi connectivity index (χ1n) is 3.07. The Balaban J connectivity index is -0.000000107. The third-order valence-corrected chi connectivity index (χ3v) is 1.76. The molecule has 0 aromatic rings. The Bertz CT molecular complexity index is 60.9. The van der Waals surface area contributed by atoms with E-state index in [1.165, 1.54) is 0 Å². The molecule has 0 saturated carbocycles. The molecule has 59 valence electrons. The van der Waals surface area contributed by atoms with Crippen LogP contribution in [0.15, 0.2) is 0 Å². The third kappa shape index (κ3) is 8.21. The Morgan fingerprint density at radius 2 is 1.08 bits per heavy atom. The van der Waals surface area contributed by atoms with Gasteiger partial charge < -0.3 is 15.3 Å². The summed E-state index contributed by atoms with van der Waals surface area (Å²) in [7, 11) is 0. The van der Waals surface area contributed by atoms with Crippen molar-refractivity contribution in [2.45, 2.75) is 13.3 Å². The third-order valence-electron chi connectivity index (χ3n) is 1.76. The first kappa shape index (κ1) is 24.2. The SMILES string of the molecule is CCC(CO)(CO)CO.[Na].[Na].[Na]. The Hall–Kier alpha value is 2.88. The summed E-state index contributed by atoms with van der Waals surface area (Å²) in [6, 6.07) is 0. The molecule has 0 atom stereocenters. The Kier molecular flexibility index (Phi) is 28.0. The van der Waals surface area contributed by atoms with E-state index in [1.54, 1.807) is 0 Å². The monoisotopic (exact) mass is 203 g/mol. The van der Waals surface area contributed by atoms with Crippen LogP contribution >= 0.6 is 0 Å². The maximum atomic E-state index is 8.66. The minimum Gasteiger partial charge on any atom is -0.396 e. The van der Waals surface area contributed by atoms with Gasteiger partial charge in [0, 0.05) is 94.1 Å². The van der Waals surface area contributed by atoms with E-state index >= 15 is 0 Å². The molecular formula is C6H14Na3O3. The summed E-state index contributed by atoms with van der Waals surface area (Å²) in [6.07, 6.45) is 0.594. The van der Waals surface area contributed by atoms with E-state index in [1.807, 2.05) is 6.92 Å². The average Bonchev–Trinajstić information content (AvgIpc) is 1.95. The van der Waals surface area contributed by atoms with Crippen molar-refractivity contribution in [3.63, 3.8) is 0 Å². The largest absolute Gasteiger partial charge is 0.396 e. The van der Waals surface area contributed by atoms with E-state index in [9.17, 15) is 0 Å². The predicted octanol–water partition coefficient (Wildman–Crippen LogP) is -1.78. The van der Waals surface area contributed by atoms with Gasteiger partial charge in [-0.3, -0.25) is 0 Å². The first-order valence-corrected chi connectivity index (χ1v) is 3.07. The molecule has 0 aliphatic rings. The van der Waals surface area contributed by atoms with Gasteiger partial charge in [0.2, 0.25) is 0 Å². The molecule has 0 aliphatic carbocycles. The summed E-state index contributed by atoms with van der Waals surface area (Å²) < 4.78 is 0. The fourth-order valence-corrected chi connectivity index (χ4v) is 0.485. The zero-order valence-electron chi connectivity index (χ0n) is 8.67. The van der Waals surface area contributed by atoms with Gasteiger partial charge in [-0.05, 0) is 6.42 Å². The Labute approximate surface area is 140 Å². The van der Waals surface area contributed by atoms with Gasteiger partial charge in [-0.25, -0.2) is 0 Å². The number of aliphatic hydroxyl groups is 3. The molecule has 0 spiro atoms. The smallest absolute Gasteiger partial charge is 0.0531 e. The van der Waals surface area contributed by atoms with Gasteiger partial charge >= 0.3 is 0 Å². The van der Waals surface area contributed by atoms with Gasteiger partial charge in [0.15, 0.2) is 0 Å². The molecule has 0 amide bonds. The van der Waals surface area contributed by atoms with Crippen molar-refractivity contribution in [2.75, 3.05) is 19.8 Å². The number of hydrogen-bond donors (Lipinski definition) is 3. The maximum absolute atomic E-state index is 8.66. The van der Waals surface area contributed by atoms with Gasteiger partial charge in [-0.15, -0.1) is 0 Å². The molecule has 12 heavy (non-hydrogen) atoms. The van der Waals surface area contributed by atoms with E-state index in [-0.39, 0.29) is 108 Å². The molecule has 0 aromatic heterocycles. The molecule has 6 heteroatoms. The maximum Gasteiger partial charge on any atom is 0.0531 e. The fraction of sp³-hybridized carbons (Fsp3) is 1.00. The van der Waals surface area contributed by atoms with Crippen molar-refractivity contribution in [1.82, 2.24) is 0 Å². The standard InChI is InChI=1S/C6H14O3.3Na/c1-2-6(3-7,4-8)5-9;;;/h7-9H,2-5H2,1H3;;;. The Morgan fingerprint density at radius 1 is 0.833 bits per heavy atom. The molecule has 3 radical (unpaired) electrons. The topological polar surface area (TPSA) is 60.7 Å². The van der Waals surface area contributed by atoms with E-state index in [4.69, 9.17) is 15.3 Å². The molecule has 3 nitrogen and oxygen atoms in total. The molecule has 0 rings (SSSR count). The van der Waals surface area contributed by atoms with Crippen LogP contribution in [0.5, 0.6) is 0 Å². The van der Waals surface area contributed by atoms with Crippen molar-refractivity contribution in [3.05, 3.63) is 0 Å². The molecular weight excluding hydrogens is 189 g/mol. The van der Waals surface area contributed by atoms with Crippen LogP contribution in [0.2, 0.25) is 0 Å². The van der Waals surface area contributed by atoms with E-state index in [2.05, 4.69) is 0 Å². The van der Waals surface area contributed by atoms with Crippen molar-refractivity contribution in [1.29, 1.82) is 0 Å². The second kappa shape index (κ2) is 13.9. The van der Waals surface area contributed by atoms with Gasteiger partial charge in [-0.2, -0.15) is 0 Å². The first-order chi connectivity index (χ1) is 4.24. The van der Waals surface area contributed by atoms with Crippen LogP contribution in [0.1, 0.15) is 13.3 Å². The average molecular weight is 203 g/mol. The van der Waals surface area contributed by atoms with E-state index < -0.39 is 5.41 Å². The van der Waals surface area contributed by atoms with Crippen LogP contribution in [0, 0.1) is 5.41 Å². The van der Waals surface area contributed by atoms with Crippen LogP contribution in [-0.4, -0.2) is 124 Å². The second-order valence-electron chi connectivity index (χ2n) is 2.33. The molecule has 0 aliphatic heterocycles. The molecule has 0 fully saturated rings. The van der Waals surface area contributed by atoms with Gasteiger partial charge in [0.05, 0.1) is 19.8 Å². The van der Waals surface area contributed by atoms with Crippen molar-refractivity contribution in [3.8, 4) is 0 Å². The van der Waals surface area contributed by atoms with E-state index in [0.29, 0.717) is 6.42 Å².